The summed E-state index contributed by atoms with van der Waals surface area (Å²) >= 11 is 0. The molecule has 7 nitrogen and oxygen atoms in total. The SMILES string of the molecule is CC(C)(C)NC(=O)CCC(=O)OCc1ccccc1.CC(C)(C)NC(=O)CN. The van der Waals surface area contributed by atoms with Gasteiger partial charge in [-0.3, -0.25) is 14.4 Å². The van der Waals surface area contributed by atoms with Gasteiger partial charge in [0.1, 0.15) is 6.61 Å². The molecule has 28 heavy (non-hydrogen) atoms. The van der Waals surface area contributed by atoms with Gasteiger partial charge in [-0.1, -0.05) is 30.3 Å². The third-order valence-corrected chi connectivity index (χ3v) is 3.01. The van der Waals surface area contributed by atoms with E-state index in [9.17, 15) is 14.4 Å². The third kappa shape index (κ3) is 15.8. The molecule has 1 aromatic carbocycles. The zero-order valence-corrected chi connectivity index (χ0v) is 17.9. The summed E-state index contributed by atoms with van der Waals surface area (Å²) in [6, 6.07) is 9.46. The molecular formula is C21H35N3O4. The van der Waals surface area contributed by atoms with Crippen LogP contribution in [0.3, 0.4) is 0 Å². The number of hydrogen-bond acceptors (Lipinski definition) is 5. The molecule has 0 aliphatic rings. The molecule has 0 spiro atoms. The summed E-state index contributed by atoms with van der Waals surface area (Å²) < 4.78 is 5.09. The highest BCUT2D eigenvalue weighted by molar-refractivity contribution is 5.81. The highest BCUT2D eigenvalue weighted by Gasteiger charge is 2.15. The number of esters is 1. The van der Waals surface area contributed by atoms with Crippen LogP contribution in [0.15, 0.2) is 30.3 Å². The Kier molecular flexibility index (Phi) is 11.1. The van der Waals surface area contributed by atoms with Gasteiger partial charge in [0.15, 0.2) is 0 Å². The number of ether oxygens (including phenoxy) is 1. The third-order valence-electron chi connectivity index (χ3n) is 3.01. The van der Waals surface area contributed by atoms with Gasteiger partial charge in [-0.05, 0) is 47.1 Å². The Morgan fingerprint density at radius 2 is 1.36 bits per heavy atom. The average Bonchev–Trinajstić information content (AvgIpc) is 2.56. The average molecular weight is 394 g/mol. The van der Waals surface area contributed by atoms with Crippen LogP contribution in [-0.4, -0.2) is 35.4 Å². The molecule has 158 valence electrons. The van der Waals surface area contributed by atoms with Crippen LogP contribution in [-0.2, 0) is 25.7 Å². The maximum Gasteiger partial charge on any atom is 0.306 e. The minimum Gasteiger partial charge on any atom is -0.461 e. The molecular weight excluding hydrogens is 358 g/mol. The van der Waals surface area contributed by atoms with Gasteiger partial charge in [0.25, 0.3) is 0 Å². The first kappa shape index (κ1) is 25.6. The van der Waals surface area contributed by atoms with Crippen molar-refractivity contribution in [3.05, 3.63) is 35.9 Å². The van der Waals surface area contributed by atoms with E-state index in [-0.39, 0.29) is 54.9 Å². The van der Waals surface area contributed by atoms with Gasteiger partial charge < -0.3 is 21.1 Å². The molecule has 2 amide bonds. The summed E-state index contributed by atoms with van der Waals surface area (Å²) in [6.07, 6.45) is 0.264. The van der Waals surface area contributed by atoms with Crippen LogP contribution in [0, 0.1) is 0 Å². The fraction of sp³-hybridized carbons (Fsp3) is 0.571. The van der Waals surface area contributed by atoms with Crippen molar-refractivity contribution in [2.24, 2.45) is 5.73 Å². The second kappa shape index (κ2) is 12.1. The molecule has 0 unspecified atom stereocenters. The van der Waals surface area contributed by atoms with E-state index < -0.39 is 0 Å². The predicted octanol–water partition coefficient (Wildman–Crippen LogP) is 2.28. The summed E-state index contributed by atoms with van der Waals surface area (Å²) in [5.41, 5.74) is 5.58. The number of carbonyl (C=O) groups excluding carboxylic acids is 3. The van der Waals surface area contributed by atoms with Crippen molar-refractivity contribution in [2.75, 3.05) is 6.54 Å². The maximum absolute atomic E-state index is 11.5. The summed E-state index contributed by atoms with van der Waals surface area (Å²) in [5, 5.41) is 5.51. The van der Waals surface area contributed by atoms with Gasteiger partial charge in [0, 0.05) is 17.5 Å². The summed E-state index contributed by atoms with van der Waals surface area (Å²) in [7, 11) is 0. The largest absolute Gasteiger partial charge is 0.461 e. The minimum absolute atomic E-state index is 0.0667. The second-order valence-corrected chi connectivity index (χ2v) is 8.45. The van der Waals surface area contributed by atoms with E-state index in [4.69, 9.17) is 10.5 Å². The Morgan fingerprint density at radius 3 is 1.79 bits per heavy atom. The van der Waals surface area contributed by atoms with Crippen molar-refractivity contribution in [1.82, 2.24) is 10.6 Å². The lowest BCUT2D eigenvalue weighted by atomic mass is 10.1. The van der Waals surface area contributed by atoms with E-state index in [1.54, 1.807) is 0 Å². The number of nitrogens with two attached hydrogens (primary N) is 1. The molecule has 7 heteroatoms. The lowest BCUT2D eigenvalue weighted by molar-refractivity contribution is -0.146. The quantitative estimate of drug-likeness (QED) is 0.642. The minimum atomic E-state index is -0.354. The van der Waals surface area contributed by atoms with Gasteiger partial charge >= 0.3 is 5.97 Å². The predicted molar refractivity (Wildman–Crippen MR) is 110 cm³/mol. The fourth-order valence-corrected chi connectivity index (χ4v) is 1.98. The standard InChI is InChI=1S/C15H21NO3.C6H14N2O/c1-15(2,3)16-13(17)9-10-14(18)19-11-12-7-5-4-6-8-12;1-6(2,3)8-5(9)4-7/h4-8H,9-11H2,1-3H3,(H,16,17);4,7H2,1-3H3,(H,8,9). The number of amides is 2. The van der Waals surface area contributed by atoms with Crippen molar-refractivity contribution in [3.63, 3.8) is 0 Å². The van der Waals surface area contributed by atoms with Gasteiger partial charge in [-0.15, -0.1) is 0 Å². The number of benzene rings is 1. The van der Waals surface area contributed by atoms with Crippen LogP contribution in [0.2, 0.25) is 0 Å². The fourth-order valence-electron chi connectivity index (χ4n) is 1.98. The van der Waals surface area contributed by atoms with E-state index >= 15 is 0 Å². The van der Waals surface area contributed by atoms with Crippen molar-refractivity contribution in [3.8, 4) is 0 Å². The molecule has 0 fully saturated rings. The molecule has 0 heterocycles. The van der Waals surface area contributed by atoms with Crippen LogP contribution in [0.4, 0.5) is 0 Å². The van der Waals surface area contributed by atoms with Crippen molar-refractivity contribution in [2.45, 2.75) is 72.1 Å². The van der Waals surface area contributed by atoms with Gasteiger partial charge in [-0.2, -0.15) is 0 Å². The lowest BCUT2D eigenvalue weighted by Gasteiger charge is -2.20. The molecule has 0 aliphatic heterocycles. The first-order valence-corrected chi connectivity index (χ1v) is 9.34. The highest BCUT2D eigenvalue weighted by atomic mass is 16.5. The molecule has 0 aromatic heterocycles. The van der Waals surface area contributed by atoms with E-state index in [1.165, 1.54) is 0 Å². The van der Waals surface area contributed by atoms with Crippen molar-refractivity contribution in [1.29, 1.82) is 0 Å². The van der Waals surface area contributed by atoms with Crippen molar-refractivity contribution < 1.29 is 19.1 Å². The Balaban J connectivity index is 0.000000684. The maximum atomic E-state index is 11.5. The number of carbonyl (C=O) groups is 3. The number of hydrogen-bond donors (Lipinski definition) is 3. The van der Waals surface area contributed by atoms with E-state index in [1.807, 2.05) is 71.9 Å². The van der Waals surface area contributed by atoms with Crippen LogP contribution in [0.25, 0.3) is 0 Å². The molecule has 0 aliphatic carbocycles. The zero-order valence-electron chi connectivity index (χ0n) is 17.9. The monoisotopic (exact) mass is 393 g/mol. The van der Waals surface area contributed by atoms with Crippen LogP contribution in [0.5, 0.6) is 0 Å². The van der Waals surface area contributed by atoms with E-state index in [0.717, 1.165) is 5.56 Å². The van der Waals surface area contributed by atoms with Crippen LogP contribution >= 0.6 is 0 Å². The highest BCUT2D eigenvalue weighted by Crippen LogP contribution is 2.04. The van der Waals surface area contributed by atoms with Crippen LogP contribution in [0.1, 0.15) is 59.9 Å². The normalized spacial score (nSPS) is 11.0. The Hall–Kier alpha value is -2.41. The zero-order chi connectivity index (χ0) is 21.8. The molecule has 0 bridgehead atoms. The van der Waals surface area contributed by atoms with Gasteiger partial charge in [0.2, 0.25) is 11.8 Å². The Morgan fingerprint density at radius 1 is 0.857 bits per heavy atom. The van der Waals surface area contributed by atoms with E-state index in [2.05, 4.69) is 10.6 Å². The summed E-state index contributed by atoms with van der Waals surface area (Å²) in [6.45, 7) is 11.8. The first-order chi connectivity index (χ1) is 12.8. The molecule has 0 saturated heterocycles. The molecule has 0 saturated carbocycles. The molecule has 0 atom stereocenters. The van der Waals surface area contributed by atoms with Gasteiger partial charge in [0.05, 0.1) is 13.0 Å². The molecule has 1 aromatic rings. The number of nitrogens with one attached hydrogen (secondary N) is 2. The first-order valence-electron chi connectivity index (χ1n) is 9.34. The lowest BCUT2D eigenvalue weighted by Crippen LogP contribution is -2.43. The number of rotatable bonds is 6. The smallest absolute Gasteiger partial charge is 0.306 e. The Labute approximate surface area is 168 Å². The Bertz CT molecular complexity index is 617. The topological polar surface area (TPSA) is 111 Å². The summed E-state index contributed by atoms with van der Waals surface area (Å²) in [5.74, 6) is -0.598. The second-order valence-electron chi connectivity index (χ2n) is 8.45. The van der Waals surface area contributed by atoms with Crippen molar-refractivity contribution >= 4 is 17.8 Å². The van der Waals surface area contributed by atoms with E-state index in [0.29, 0.717) is 0 Å². The molecule has 1 rings (SSSR count). The molecule has 0 radical (unpaired) electrons. The van der Waals surface area contributed by atoms with Crippen LogP contribution < -0.4 is 16.4 Å². The summed E-state index contributed by atoms with van der Waals surface area (Å²) in [4.78, 5) is 33.6. The molecule has 4 N–H and O–H groups in total. The van der Waals surface area contributed by atoms with Gasteiger partial charge in [-0.25, -0.2) is 0 Å².